The maximum absolute atomic E-state index is 11.7. The van der Waals surface area contributed by atoms with Crippen LogP contribution in [0.15, 0.2) is 12.7 Å². The third-order valence-electron chi connectivity index (χ3n) is 3.88. The number of aliphatic hydroxyl groups excluding tert-OH is 1. The normalized spacial score (nSPS) is 27.5. The average Bonchev–Trinajstić information content (AvgIpc) is 2.57. The van der Waals surface area contributed by atoms with Gasteiger partial charge in [0.25, 0.3) is 0 Å². The van der Waals surface area contributed by atoms with Gasteiger partial charge in [0.15, 0.2) is 18.5 Å². The van der Waals surface area contributed by atoms with Crippen molar-refractivity contribution in [1.29, 1.82) is 0 Å². The molecule has 0 aromatic carbocycles. The third-order valence-corrected chi connectivity index (χ3v) is 3.88. The molecule has 1 heterocycles. The number of carbonyl (C=O) groups excluding carboxylic acids is 3. The molecular weight excluding hydrogens is 358 g/mol. The van der Waals surface area contributed by atoms with E-state index in [4.69, 9.17) is 18.9 Å². The molecule has 1 amide bonds. The first-order chi connectivity index (χ1) is 12.8. The van der Waals surface area contributed by atoms with Crippen LogP contribution < -0.4 is 5.32 Å². The summed E-state index contributed by atoms with van der Waals surface area (Å²) in [5.74, 6) is -1.66. The van der Waals surface area contributed by atoms with E-state index >= 15 is 0 Å². The maximum atomic E-state index is 11.7. The Morgan fingerprint density at radius 3 is 2.26 bits per heavy atom. The second kappa shape index (κ2) is 11.7. The van der Waals surface area contributed by atoms with Crippen molar-refractivity contribution in [2.45, 2.75) is 70.7 Å². The summed E-state index contributed by atoms with van der Waals surface area (Å²) in [7, 11) is 0. The topological polar surface area (TPSA) is 120 Å². The van der Waals surface area contributed by atoms with Crippen LogP contribution in [0.1, 0.15) is 40.0 Å². The van der Waals surface area contributed by atoms with Gasteiger partial charge in [0.05, 0.1) is 6.61 Å². The highest BCUT2D eigenvalue weighted by molar-refractivity contribution is 5.73. The molecule has 2 unspecified atom stereocenters. The molecule has 5 atom stereocenters. The molecular formula is C18H29NO8. The Morgan fingerprint density at radius 2 is 1.74 bits per heavy atom. The fraction of sp³-hybridized carbons (Fsp3) is 0.722. The summed E-state index contributed by atoms with van der Waals surface area (Å²) in [4.78, 5) is 34.7. The Hall–Kier alpha value is -1.97. The summed E-state index contributed by atoms with van der Waals surface area (Å²) < 4.78 is 21.9. The van der Waals surface area contributed by atoms with Gasteiger partial charge in [-0.25, -0.2) is 0 Å². The molecule has 27 heavy (non-hydrogen) atoms. The van der Waals surface area contributed by atoms with E-state index < -0.39 is 55.1 Å². The van der Waals surface area contributed by atoms with Crippen molar-refractivity contribution in [2.24, 2.45) is 0 Å². The molecule has 1 fully saturated rings. The van der Waals surface area contributed by atoms with E-state index in [1.807, 2.05) is 0 Å². The van der Waals surface area contributed by atoms with Crippen molar-refractivity contribution in [1.82, 2.24) is 5.32 Å². The first-order valence-electron chi connectivity index (χ1n) is 8.90. The van der Waals surface area contributed by atoms with E-state index in [0.717, 1.165) is 19.3 Å². The van der Waals surface area contributed by atoms with Crippen molar-refractivity contribution < 1.29 is 38.4 Å². The van der Waals surface area contributed by atoms with Gasteiger partial charge < -0.3 is 29.4 Å². The number of hydrogen-bond acceptors (Lipinski definition) is 8. The summed E-state index contributed by atoms with van der Waals surface area (Å²) in [6, 6.07) is -0.905. The van der Waals surface area contributed by atoms with Crippen LogP contribution in [0.3, 0.4) is 0 Å². The molecule has 1 rings (SSSR count). The van der Waals surface area contributed by atoms with Gasteiger partial charge in [-0.1, -0.05) is 6.08 Å². The summed E-state index contributed by atoms with van der Waals surface area (Å²) in [5.41, 5.74) is 0. The molecule has 154 valence electrons. The van der Waals surface area contributed by atoms with Gasteiger partial charge in [-0.15, -0.1) is 6.58 Å². The second-order valence-electron chi connectivity index (χ2n) is 6.26. The first kappa shape index (κ1) is 23.1. The fourth-order valence-corrected chi connectivity index (χ4v) is 2.84. The van der Waals surface area contributed by atoms with Crippen molar-refractivity contribution in [3.8, 4) is 0 Å². The van der Waals surface area contributed by atoms with Crippen molar-refractivity contribution in [3.63, 3.8) is 0 Å². The number of aliphatic hydroxyl groups is 1. The van der Waals surface area contributed by atoms with Gasteiger partial charge in [-0.3, -0.25) is 14.4 Å². The highest BCUT2D eigenvalue weighted by Crippen LogP contribution is 2.27. The summed E-state index contributed by atoms with van der Waals surface area (Å²) in [5, 5.41) is 12.3. The van der Waals surface area contributed by atoms with Crippen molar-refractivity contribution >= 4 is 17.8 Å². The van der Waals surface area contributed by atoms with Crippen molar-refractivity contribution in [3.05, 3.63) is 12.7 Å². The number of hydrogen-bond donors (Lipinski definition) is 2. The molecule has 0 radical (unpaired) electrons. The molecule has 1 aliphatic rings. The summed E-state index contributed by atoms with van der Waals surface area (Å²) in [6.07, 6.45) is 0.135. The quantitative estimate of drug-likeness (QED) is 0.315. The number of allylic oxidation sites excluding steroid dienone is 1. The number of unbranched alkanes of at least 4 members (excludes halogenated alkanes) is 2. The molecule has 0 aromatic heterocycles. The van der Waals surface area contributed by atoms with Gasteiger partial charge in [-0.05, 0) is 19.3 Å². The van der Waals surface area contributed by atoms with Crippen LogP contribution in [0.2, 0.25) is 0 Å². The van der Waals surface area contributed by atoms with E-state index in [1.54, 1.807) is 6.08 Å². The lowest BCUT2D eigenvalue weighted by atomic mass is 9.96. The van der Waals surface area contributed by atoms with Gasteiger partial charge in [0.2, 0.25) is 5.91 Å². The van der Waals surface area contributed by atoms with Crippen LogP contribution >= 0.6 is 0 Å². The lowest BCUT2D eigenvalue weighted by molar-refractivity contribution is -0.276. The summed E-state index contributed by atoms with van der Waals surface area (Å²) >= 11 is 0. The Labute approximate surface area is 159 Å². The zero-order valence-electron chi connectivity index (χ0n) is 16.0. The minimum absolute atomic E-state index is 0.331. The monoisotopic (exact) mass is 387 g/mol. The molecule has 0 aromatic rings. The predicted octanol–water partition coefficient (Wildman–Crippen LogP) is 0.445. The Kier molecular flexibility index (Phi) is 9.98. The number of ether oxygens (including phenoxy) is 4. The first-order valence-corrected chi connectivity index (χ1v) is 8.90. The average molecular weight is 387 g/mol. The van der Waals surface area contributed by atoms with Crippen LogP contribution in [0.25, 0.3) is 0 Å². The number of amides is 1. The Morgan fingerprint density at radius 1 is 1.11 bits per heavy atom. The number of nitrogens with one attached hydrogen (secondary N) is 1. The predicted molar refractivity (Wildman–Crippen MR) is 94.5 cm³/mol. The van der Waals surface area contributed by atoms with Gasteiger partial charge in [0.1, 0.15) is 12.1 Å². The van der Waals surface area contributed by atoms with E-state index in [9.17, 15) is 19.5 Å². The van der Waals surface area contributed by atoms with Crippen LogP contribution in [-0.2, 0) is 33.3 Å². The number of carbonyl (C=O) groups is 3. The molecule has 0 aliphatic carbocycles. The third kappa shape index (κ3) is 7.66. The molecule has 1 aliphatic heterocycles. The van der Waals surface area contributed by atoms with Gasteiger partial charge >= 0.3 is 11.9 Å². The standard InChI is InChI=1S/C18H29NO8/c1-5-6-7-8-9-24-18-15(19-11(2)21)17(26-13(4)23)16(25-12(3)22)14(10-20)27-18/h5,14-18,20H,1,6-10H2,2-4H3,(H,19,21)/t14?,15?,16-,17+,18-/m0/s1. The van der Waals surface area contributed by atoms with Crippen LogP contribution in [0.5, 0.6) is 0 Å². The van der Waals surface area contributed by atoms with Crippen LogP contribution in [0, 0.1) is 0 Å². The van der Waals surface area contributed by atoms with E-state index in [0.29, 0.717) is 6.61 Å². The molecule has 2 N–H and O–H groups in total. The Bertz CT molecular complexity index is 523. The van der Waals surface area contributed by atoms with E-state index in [2.05, 4.69) is 11.9 Å². The second-order valence-corrected chi connectivity index (χ2v) is 6.26. The van der Waals surface area contributed by atoms with Crippen molar-refractivity contribution in [2.75, 3.05) is 13.2 Å². The highest BCUT2D eigenvalue weighted by Gasteiger charge is 2.50. The van der Waals surface area contributed by atoms with Gasteiger partial charge in [0, 0.05) is 27.4 Å². The minimum atomic E-state index is -1.09. The number of rotatable bonds is 10. The molecule has 0 saturated carbocycles. The van der Waals surface area contributed by atoms with Crippen LogP contribution in [0.4, 0.5) is 0 Å². The van der Waals surface area contributed by atoms with Gasteiger partial charge in [-0.2, -0.15) is 0 Å². The zero-order chi connectivity index (χ0) is 20.4. The maximum Gasteiger partial charge on any atom is 0.303 e. The van der Waals surface area contributed by atoms with Crippen LogP contribution in [-0.4, -0.2) is 66.8 Å². The van der Waals surface area contributed by atoms with E-state index in [1.165, 1.54) is 20.8 Å². The largest absolute Gasteiger partial charge is 0.456 e. The molecule has 1 saturated heterocycles. The lowest BCUT2D eigenvalue weighted by Crippen LogP contribution is -2.66. The fourth-order valence-electron chi connectivity index (χ4n) is 2.84. The lowest BCUT2D eigenvalue weighted by Gasteiger charge is -2.44. The number of esters is 2. The minimum Gasteiger partial charge on any atom is -0.456 e. The molecule has 9 heteroatoms. The zero-order valence-corrected chi connectivity index (χ0v) is 16.0. The smallest absolute Gasteiger partial charge is 0.303 e. The molecule has 0 spiro atoms. The highest BCUT2D eigenvalue weighted by atomic mass is 16.7. The summed E-state index contributed by atoms with van der Waals surface area (Å²) in [6.45, 7) is 7.18. The SMILES string of the molecule is C=CCCCCO[C@H]1OC(CO)[C@H](OC(C)=O)[C@H](OC(C)=O)C1NC(C)=O. The van der Waals surface area contributed by atoms with E-state index in [-0.39, 0.29) is 0 Å². The molecule has 9 nitrogen and oxygen atoms in total. The Balaban J connectivity index is 3.02. The molecule has 0 bridgehead atoms.